The third-order valence-electron chi connectivity index (χ3n) is 2.85. The normalized spacial score (nSPS) is 14.2. The van der Waals surface area contributed by atoms with Crippen LogP contribution in [0.5, 0.6) is 0 Å². The number of hydrogen-bond acceptors (Lipinski definition) is 2. The van der Waals surface area contributed by atoms with E-state index in [1.165, 1.54) is 16.0 Å². The predicted octanol–water partition coefficient (Wildman–Crippen LogP) is 4.21. The number of hydrogen-bond donors (Lipinski definition) is 1. The molecule has 0 aliphatic heterocycles. The average molecular weight is 258 g/mol. The van der Waals surface area contributed by atoms with Crippen molar-refractivity contribution in [3.8, 4) is 0 Å². The van der Waals surface area contributed by atoms with Crippen molar-refractivity contribution in [1.29, 1.82) is 0 Å². The number of rotatable bonds is 4. The SMILES string of the molecule is Cc1ccc(C(Sc2ccccc2)C(C)O)cc1. The van der Waals surface area contributed by atoms with Gasteiger partial charge in [-0.3, -0.25) is 0 Å². The van der Waals surface area contributed by atoms with Gasteiger partial charge < -0.3 is 5.11 Å². The van der Waals surface area contributed by atoms with Crippen molar-refractivity contribution in [2.45, 2.75) is 30.1 Å². The third kappa shape index (κ3) is 3.37. The molecule has 18 heavy (non-hydrogen) atoms. The number of thioether (sulfide) groups is 1. The van der Waals surface area contributed by atoms with Gasteiger partial charge in [0.25, 0.3) is 0 Å². The molecular weight excluding hydrogens is 240 g/mol. The molecule has 0 aromatic heterocycles. The maximum atomic E-state index is 9.98. The minimum absolute atomic E-state index is 0.0769. The molecule has 0 aliphatic rings. The van der Waals surface area contributed by atoms with Gasteiger partial charge in [0.05, 0.1) is 11.4 Å². The van der Waals surface area contributed by atoms with Crippen molar-refractivity contribution >= 4 is 11.8 Å². The van der Waals surface area contributed by atoms with Crippen LogP contribution in [-0.2, 0) is 0 Å². The maximum Gasteiger partial charge on any atom is 0.0675 e. The lowest BCUT2D eigenvalue weighted by atomic mass is 10.1. The summed E-state index contributed by atoms with van der Waals surface area (Å²) in [6.45, 7) is 3.92. The third-order valence-corrected chi connectivity index (χ3v) is 4.31. The first-order valence-corrected chi connectivity index (χ1v) is 7.01. The fraction of sp³-hybridized carbons (Fsp3) is 0.250. The van der Waals surface area contributed by atoms with Gasteiger partial charge in [0, 0.05) is 4.90 Å². The molecule has 0 spiro atoms. The van der Waals surface area contributed by atoms with E-state index in [1.54, 1.807) is 11.8 Å². The summed E-state index contributed by atoms with van der Waals surface area (Å²) >= 11 is 1.71. The van der Waals surface area contributed by atoms with Gasteiger partial charge in [-0.15, -0.1) is 11.8 Å². The molecule has 0 saturated carbocycles. The molecular formula is C16H18OS. The highest BCUT2D eigenvalue weighted by Gasteiger charge is 2.18. The fourth-order valence-electron chi connectivity index (χ4n) is 1.85. The lowest BCUT2D eigenvalue weighted by molar-refractivity contribution is 0.192. The molecule has 0 heterocycles. The number of benzene rings is 2. The van der Waals surface area contributed by atoms with Gasteiger partial charge in [-0.05, 0) is 31.5 Å². The summed E-state index contributed by atoms with van der Waals surface area (Å²) in [6.07, 6.45) is -0.377. The van der Waals surface area contributed by atoms with E-state index in [0.29, 0.717) is 0 Å². The largest absolute Gasteiger partial charge is 0.392 e. The van der Waals surface area contributed by atoms with Crippen LogP contribution in [0.25, 0.3) is 0 Å². The monoisotopic (exact) mass is 258 g/mol. The van der Waals surface area contributed by atoms with Crippen molar-refractivity contribution in [3.63, 3.8) is 0 Å². The van der Waals surface area contributed by atoms with Gasteiger partial charge in [0.1, 0.15) is 0 Å². The van der Waals surface area contributed by atoms with E-state index in [0.717, 1.165) is 0 Å². The molecule has 2 heteroatoms. The number of aryl methyl sites for hydroxylation is 1. The standard InChI is InChI=1S/C16H18OS/c1-12-8-10-14(11-9-12)16(13(2)17)18-15-6-4-3-5-7-15/h3-11,13,16-17H,1-2H3. The molecule has 0 saturated heterocycles. The van der Waals surface area contributed by atoms with Crippen molar-refractivity contribution in [1.82, 2.24) is 0 Å². The van der Waals surface area contributed by atoms with E-state index in [2.05, 4.69) is 43.3 Å². The summed E-state index contributed by atoms with van der Waals surface area (Å²) in [5.41, 5.74) is 2.41. The Morgan fingerprint density at radius 2 is 1.56 bits per heavy atom. The van der Waals surface area contributed by atoms with E-state index in [4.69, 9.17) is 0 Å². The quantitative estimate of drug-likeness (QED) is 0.829. The van der Waals surface area contributed by atoms with E-state index < -0.39 is 0 Å². The van der Waals surface area contributed by atoms with Crippen LogP contribution < -0.4 is 0 Å². The second-order valence-electron chi connectivity index (χ2n) is 4.50. The summed E-state index contributed by atoms with van der Waals surface area (Å²) in [4.78, 5) is 1.18. The van der Waals surface area contributed by atoms with Crippen LogP contribution >= 0.6 is 11.8 Å². The Morgan fingerprint density at radius 3 is 2.11 bits per heavy atom. The Bertz CT molecular complexity index is 476. The van der Waals surface area contributed by atoms with Crippen LogP contribution in [0.4, 0.5) is 0 Å². The van der Waals surface area contributed by atoms with Crippen molar-refractivity contribution in [2.24, 2.45) is 0 Å². The molecule has 1 N–H and O–H groups in total. The Kier molecular flexibility index (Phi) is 4.45. The van der Waals surface area contributed by atoms with Crippen LogP contribution in [0.15, 0.2) is 59.5 Å². The topological polar surface area (TPSA) is 20.2 Å². The molecule has 0 radical (unpaired) electrons. The molecule has 2 aromatic rings. The fourth-order valence-corrected chi connectivity index (χ4v) is 2.94. The highest BCUT2D eigenvalue weighted by molar-refractivity contribution is 7.99. The highest BCUT2D eigenvalue weighted by Crippen LogP contribution is 2.37. The smallest absolute Gasteiger partial charge is 0.0675 e. The second-order valence-corrected chi connectivity index (χ2v) is 5.72. The van der Waals surface area contributed by atoms with Crippen molar-refractivity contribution in [2.75, 3.05) is 0 Å². The Balaban J connectivity index is 2.21. The lowest BCUT2D eigenvalue weighted by Gasteiger charge is -2.20. The van der Waals surface area contributed by atoms with Crippen LogP contribution in [-0.4, -0.2) is 11.2 Å². The molecule has 2 aromatic carbocycles. The molecule has 0 amide bonds. The minimum Gasteiger partial charge on any atom is -0.392 e. The summed E-state index contributed by atoms with van der Waals surface area (Å²) in [5, 5.41) is 10.1. The van der Waals surface area contributed by atoms with Gasteiger partial charge in [0.2, 0.25) is 0 Å². The first-order chi connectivity index (χ1) is 8.66. The predicted molar refractivity (Wildman–Crippen MR) is 77.9 cm³/mol. The second kappa shape index (κ2) is 6.07. The lowest BCUT2D eigenvalue weighted by Crippen LogP contribution is -2.11. The van der Waals surface area contributed by atoms with E-state index in [-0.39, 0.29) is 11.4 Å². The first-order valence-electron chi connectivity index (χ1n) is 6.13. The van der Waals surface area contributed by atoms with Gasteiger partial charge in [-0.1, -0.05) is 48.0 Å². The van der Waals surface area contributed by atoms with Crippen LogP contribution in [0.2, 0.25) is 0 Å². The van der Waals surface area contributed by atoms with Crippen molar-refractivity contribution < 1.29 is 5.11 Å². The zero-order valence-corrected chi connectivity index (χ0v) is 11.5. The van der Waals surface area contributed by atoms with E-state index in [9.17, 15) is 5.11 Å². The highest BCUT2D eigenvalue weighted by atomic mass is 32.2. The summed E-state index contributed by atoms with van der Waals surface area (Å²) in [7, 11) is 0. The average Bonchev–Trinajstić information content (AvgIpc) is 2.38. The summed E-state index contributed by atoms with van der Waals surface area (Å²) in [5.74, 6) is 0. The van der Waals surface area contributed by atoms with Gasteiger partial charge in [0.15, 0.2) is 0 Å². The van der Waals surface area contributed by atoms with Crippen LogP contribution in [0.3, 0.4) is 0 Å². The summed E-state index contributed by atoms with van der Waals surface area (Å²) < 4.78 is 0. The number of aliphatic hydroxyl groups is 1. The van der Waals surface area contributed by atoms with Gasteiger partial charge in [-0.25, -0.2) is 0 Å². The van der Waals surface area contributed by atoms with E-state index >= 15 is 0 Å². The molecule has 0 aliphatic carbocycles. The molecule has 0 bridgehead atoms. The van der Waals surface area contributed by atoms with Crippen molar-refractivity contribution in [3.05, 3.63) is 65.7 Å². The van der Waals surface area contributed by atoms with Crippen LogP contribution in [0.1, 0.15) is 23.3 Å². The minimum atomic E-state index is -0.377. The summed E-state index contributed by atoms with van der Waals surface area (Å²) in [6, 6.07) is 18.6. The maximum absolute atomic E-state index is 9.98. The Morgan fingerprint density at radius 1 is 0.944 bits per heavy atom. The Hall–Kier alpha value is -1.25. The van der Waals surface area contributed by atoms with Gasteiger partial charge >= 0.3 is 0 Å². The molecule has 94 valence electrons. The molecule has 2 atom stereocenters. The van der Waals surface area contributed by atoms with Gasteiger partial charge in [-0.2, -0.15) is 0 Å². The number of aliphatic hydroxyl groups excluding tert-OH is 1. The Labute approximate surface area is 113 Å². The molecule has 1 nitrogen and oxygen atoms in total. The molecule has 0 fully saturated rings. The van der Waals surface area contributed by atoms with Crippen LogP contribution in [0, 0.1) is 6.92 Å². The van der Waals surface area contributed by atoms with E-state index in [1.807, 2.05) is 25.1 Å². The molecule has 2 unspecified atom stereocenters. The first kappa shape index (κ1) is 13.2. The zero-order chi connectivity index (χ0) is 13.0. The zero-order valence-electron chi connectivity index (χ0n) is 10.7. The molecule has 2 rings (SSSR count).